The van der Waals surface area contributed by atoms with Crippen molar-refractivity contribution in [2.45, 2.75) is 33.2 Å². The molecule has 0 fully saturated rings. The molecule has 0 unspecified atom stereocenters. The number of carbonyl (C=O) groups is 1. The molecule has 0 bridgehead atoms. The summed E-state index contributed by atoms with van der Waals surface area (Å²) in [5.74, 6) is 0.155. The van der Waals surface area contributed by atoms with E-state index in [1.54, 1.807) is 45.0 Å². The molecule has 0 radical (unpaired) electrons. The zero-order valence-electron chi connectivity index (χ0n) is 14.0. The molecule has 1 N–H and O–H groups in total. The van der Waals surface area contributed by atoms with Crippen LogP contribution in [-0.2, 0) is 4.79 Å². The summed E-state index contributed by atoms with van der Waals surface area (Å²) >= 11 is 6.08. The number of hydrogen-bond donors (Lipinski definition) is 1. The highest BCUT2D eigenvalue weighted by atomic mass is 35.5. The summed E-state index contributed by atoms with van der Waals surface area (Å²) in [5.41, 5.74) is 0.778. The highest BCUT2D eigenvalue weighted by Crippen LogP contribution is 2.23. The van der Waals surface area contributed by atoms with Gasteiger partial charge in [0.15, 0.2) is 5.52 Å². The Bertz CT molecular complexity index is 1010. The van der Waals surface area contributed by atoms with E-state index < -0.39 is 11.6 Å². The van der Waals surface area contributed by atoms with Crippen LogP contribution in [0.25, 0.3) is 10.9 Å². The predicted molar refractivity (Wildman–Crippen MR) is 94.9 cm³/mol. The van der Waals surface area contributed by atoms with Crippen molar-refractivity contribution in [1.29, 1.82) is 0 Å². The molecule has 1 aromatic carbocycles. The van der Waals surface area contributed by atoms with Crippen molar-refractivity contribution in [3.8, 4) is 0 Å². The van der Waals surface area contributed by atoms with Crippen molar-refractivity contribution in [1.82, 2.24) is 14.9 Å². The van der Waals surface area contributed by atoms with E-state index in [0.717, 1.165) is 4.68 Å². The van der Waals surface area contributed by atoms with E-state index in [0.29, 0.717) is 34.0 Å². The molecule has 25 heavy (non-hydrogen) atoms. The van der Waals surface area contributed by atoms with E-state index in [9.17, 15) is 9.59 Å². The van der Waals surface area contributed by atoms with Crippen LogP contribution in [0.5, 0.6) is 0 Å². The molecule has 0 aliphatic rings. The van der Waals surface area contributed by atoms with Gasteiger partial charge in [0, 0.05) is 0 Å². The highest BCUT2D eigenvalue weighted by Gasteiger charge is 2.25. The number of aryl methyl sites for hydroxylation is 2. The van der Waals surface area contributed by atoms with Crippen molar-refractivity contribution in [3.63, 3.8) is 0 Å². The second-order valence-corrected chi connectivity index (χ2v) is 6.10. The van der Waals surface area contributed by atoms with Gasteiger partial charge in [0.2, 0.25) is 5.91 Å². The molecule has 2 aromatic heterocycles. The third-order valence-electron chi connectivity index (χ3n) is 4.01. The second kappa shape index (κ2) is 6.68. The number of anilines is 1. The molecular formula is C17H17ClN4O3. The van der Waals surface area contributed by atoms with Gasteiger partial charge >= 0.3 is 0 Å². The topological polar surface area (TPSA) is 90.0 Å². The van der Waals surface area contributed by atoms with E-state index in [-0.39, 0.29) is 11.4 Å². The molecule has 7 nitrogen and oxygen atoms in total. The summed E-state index contributed by atoms with van der Waals surface area (Å²) in [5, 5.41) is 11.9. The second-order valence-electron chi connectivity index (χ2n) is 5.69. The molecule has 0 saturated carbocycles. The van der Waals surface area contributed by atoms with E-state index in [2.05, 4.69) is 15.6 Å². The molecule has 2 heterocycles. The summed E-state index contributed by atoms with van der Waals surface area (Å²) in [4.78, 5) is 25.4. The predicted octanol–water partition coefficient (Wildman–Crippen LogP) is 3.24. The van der Waals surface area contributed by atoms with Gasteiger partial charge in [-0.05, 0) is 32.4 Å². The summed E-state index contributed by atoms with van der Waals surface area (Å²) in [6.45, 7) is 5.27. The first kappa shape index (κ1) is 17.2. The number of para-hydroxylation sites is 1. The lowest BCUT2D eigenvalue weighted by molar-refractivity contribution is -0.119. The number of fused-ring (bicyclic) bond motifs is 1. The molecular weight excluding hydrogens is 344 g/mol. The number of nitrogens with zero attached hydrogens (tertiary/aromatic N) is 3. The number of hydrogen-bond acceptors (Lipinski definition) is 5. The van der Waals surface area contributed by atoms with E-state index in [1.165, 1.54) is 0 Å². The standard InChI is InChI=1S/C17H17ClN4O3/c1-4-13(16(23)19-12-8-6-5-7-11(12)18)22-17(24)15-14(9(2)20-22)10(3)25-21-15/h5-8,13H,4H2,1-3H3,(H,19,23)/t13-/m0/s1. The van der Waals surface area contributed by atoms with Gasteiger partial charge in [-0.2, -0.15) is 5.10 Å². The zero-order valence-corrected chi connectivity index (χ0v) is 14.8. The fourth-order valence-corrected chi connectivity index (χ4v) is 2.95. The molecule has 0 aliphatic heterocycles. The van der Waals surface area contributed by atoms with Crippen LogP contribution in [0.2, 0.25) is 5.02 Å². The number of amides is 1. The molecule has 3 rings (SSSR count). The van der Waals surface area contributed by atoms with Gasteiger partial charge in [0.05, 0.1) is 21.8 Å². The minimum absolute atomic E-state index is 0.175. The normalized spacial score (nSPS) is 12.3. The van der Waals surface area contributed by atoms with Crippen LogP contribution < -0.4 is 10.9 Å². The number of nitrogens with one attached hydrogen (secondary N) is 1. The van der Waals surface area contributed by atoms with Crippen molar-refractivity contribution < 1.29 is 9.32 Å². The minimum atomic E-state index is -0.788. The highest BCUT2D eigenvalue weighted by molar-refractivity contribution is 6.33. The number of carbonyl (C=O) groups excluding carboxylic acids is 1. The molecule has 3 aromatic rings. The fraction of sp³-hybridized carbons (Fsp3) is 0.294. The molecule has 1 amide bonds. The van der Waals surface area contributed by atoms with Crippen LogP contribution in [0.15, 0.2) is 33.6 Å². The van der Waals surface area contributed by atoms with Gasteiger partial charge in [-0.15, -0.1) is 0 Å². The lowest BCUT2D eigenvalue weighted by Crippen LogP contribution is -2.35. The van der Waals surface area contributed by atoms with Gasteiger partial charge in [-0.3, -0.25) is 9.59 Å². The Morgan fingerprint density at radius 3 is 2.76 bits per heavy atom. The van der Waals surface area contributed by atoms with Crippen LogP contribution in [0.4, 0.5) is 5.69 Å². The van der Waals surface area contributed by atoms with Gasteiger partial charge in [-0.25, -0.2) is 4.68 Å². The van der Waals surface area contributed by atoms with Crippen LogP contribution in [-0.4, -0.2) is 20.8 Å². The SMILES string of the molecule is CC[C@@H](C(=O)Nc1ccccc1Cl)n1nc(C)c2c(C)onc2c1=O. The lowest BCUT2D eigenvalue weighted by Gasteiger charge is -2.17. The zero-order chi connectivity index (χ0) is 18.1. The summed E-state index contributed by atoms with van der Waals surface area (Å²) < 4.78 is 6.25. The Morgan fingerprint density at radius 2 is 2.08 bits per heavy atom. The van der Waals surface area contributed by atoms with Crippen LogP contribution >= 0.6 is 11.6 Å². The van der Waals surface area contributed by atoms with Crippen molar-refractivity contribution >= 4 is 34.1 Å². The number of aromatic nitrogens is 3. The molecule has 8 heteroatoms. The Hall–Kier alpha value is -2.67. The molecule has 0 spiro atoms. The lowest BCUT2D eigenvalue weighted by atomic mass is 10.2. The van der Waals surface area contributed by atoms with Crippen LogP contribution in [0.3, 0.4) is 0 Å². The Kier molecular flexibility index (Phi) is 4.59. The maximum Gasteiger partial charge on any atom is 0.297 e. The number of rotatable bonds is 4. The Balaban J connectivity index is 2.02. The van der Waals surface area contributed by atoms with Gasteiger partial charge in [0.25, 0.3) is 5.56 Å². The van der Waals surface area contributed by atoms with Crippen molar-refractivity contribution in [2.75, 3.05) is 5.32 Å². The summed E-state index contributed by atoms with van der Waals surface area (Å²) in [7, 11) is 0. The van der Waals surface area contributed by atoms with Gasteiger partial charge in [-0.1, -0.05) is 35.8 Å². The minimum Gasteiger partial charge on any atom is -0.360 e. The Labute approximate surface area is 148 Å². The largest absolute Gasteiger partial charge is 0.360 e. The fourth-order valence-electron chi connectivity index (χ4n) is 2.77. The maximum atomic E-state index is 12.7. The van der Waals surface area contributed by atoms with Crippen LogP contribution in [0.1, 0.15) is 30.8 Å². The first-order chi connectivity index (χ1) is 11.9. The third-order valence-corrected chi connectivity index (χ3v) is 4.34. The van der Waals surface area contributed by atoms with E-state index >= 15 is 0 Å². The maximum absolute atomic E-state index is 12.7. The quantitative estimate of drug-likeness (QED) is 0.771. The van der Waals surface area contributed by atoms with Crippen molar-refractivity contribution in [3.05, 3.63) is 51.1 Å². The molecule has 1 atom stereocenters. The monoisotopic (exact) mass is 360 g/mol. The summed E-state index contributed by atoms with van der Waals surface area (Å²) in [6, 6.07) is 6.12. The molecule has 0 aliphatic carbocycles. The van der Waals surface area contributed by atoms with E-state index in [1.807, 2.05) is 0 Å². The average molecular weight is 361 g/mol. The Morgan fingerprint density at radius 1 is 1.36 bits per heavy atom. The van der Waals surface area contributed by atoms with Gasteiger partial charge in [0.1, 0.15) is 11.8 Å². The first-order valence-corrected chi connectivity index (χ1v) is 8.22. The van der Waals surface area contributed by atoms with Crippen molar-refractivity contribution in [2.24, 2.45) is 0 Å². The van der Waals surface area contributed by atoms with Gasteiger partial charge < -0.3 is 9.84 Å². The molecule has 130 valence electrons. The molecule has 0 saturated heterocycles. The van der Waals surface area contributed by atoms with Crippen LogP contribution in [0, 0.1) is 13.8 Å². The third kappa shape index (κ3) is 3.02. The summed E-state index contributed by atoms with van der Waals surface area (Å²) in [6.07, 6.45) is 0.380. The number of halogens is 1. The number of benzene rings is 1. The average Bonchev–Trinajstić information content (AvgIpc) is 2.97. The smallest absolute Gasteiger partial charge is 0.297 e. The van der Waals surface area contributed by atoms with E-state index in [4.69, 9.17) is 16.1 Å². The first-order valence-electron chi connectivity index (χ1n) is 7.84.